The molecule has 1 aliphatic heterocycles. The highest BCUT2D eigenvalue weighted by Crippen LogP contribution is 2.32. The van der Waals surface area contributed by atoms with Crippen LogP contribution in [0.4, 0.5) is 4.79 Å². The number of phenols is 1. The first-order chi connectivity index (χ1) is 11.2. The number of piperidine rings is 1. The molecule has 1 aromatic carbocycles. The van der Waals surface area contributed by atoms with Gasteiger partial charge in [0.05, 0.1) is 25.3 Å². The molecule has 1 heterocycles. The number of rotatable bonds is 3. The van der Waals surface area contributed by atoms with Crippen LogP contribution in [0.3, 0.4) is 0 Å². The smallest absolute Gasteiger partial charge is 0.410 e. The number of carbonyl (C=O) groups excluding carboxylic acids is 1. The van der Waals surface area contributed by atoms with E-state index in [9.17, 15) is 15.0 Å². The molecule has 1 aliphatic rings. The van der Waals surface area contributed by atoms with E-state index in [4.69, 9.17) is 9.47 Å². The average Bonchev–Trinajstić information content (AvgIpc) is 2.47. The molecule has 3 atom stereocenters. The molecule has 1 fully saturated rings. The average molecular weight is 337 g/mol. The molecule has 134 valence electrons. The van der Waals surface area contributed by atoms with Gasteiger partial charge in [0.25, 0.3) is 0 Å². The Morgan fingerprint density at radius 2 is 1.88 bits per heavy atom. The summed E-state index contributed by atoms with van der Waals surface area (Å²) in [6, 6.07) is 6.73. The zero-order valence-electron chi connectivity index (χ0n) is 14.7. The molecule has 0 aromatic heterocycles. The third kappa shape index (κ3) is 4.61. The van der Waals surface area contributed by atoms with Gasteiger partial charge >= 0.3 is 6.09 Å². The Bertz CT molecular complexity index is 552. The molecule has 2 rings (SSSR count). The summed E-state index contributed by atoms with van der Waals surface area (Å²) in [6.45, 7) is 8.33. The number of aromatic hydroxyl groups is 1. The Hall–Kier alpha value is -1.79. The van der Waals surface area contributed by atoms with E-state index < -0.39 is 17.8 Å². The van der Waals surface area contributed by atoms with Crippen LogP contribution in [0.1, 0.15) is 39.2 Å². The van der Waals surface area contributed by atoms with E-state index in [1.165, 1.54) is 4.90 Å². The third-order valence-corrected chi connectivity index (χ3v) is 3.93. The number of nitrogens with zero attached hydrogens (tertiary/aromatic N) is 1. The molecular formula is C18H27NO5. The number of aliphatic hydroxyl groups is 1. The fraction of sp³-hybridized carbons (Fsp3) is 0.611. The monoisotopic (exact) mass is 337 g/mol. The summed E-state index contributed by atoms with van der Waals surface area (Å²) >= 11 is 0. The van der Waals surface area contributed by atoms with E-state index in [2.05, 4.69) is 0 Å². The highest BCUT2D eigenvalue weighted by molar-refractivity contribution is 5.68. The Morgan fingerprint density at radius 3 is 2.42 bits per heavy atom. The number of hydrogen-bond donors (Lipinski definition) is 2. The van der Waals surface area contributed by atoms with Gasteiger partial charge in [0.2, 0.25) is 0 Å². The van der Waals surface area contributed by atoms with Crippen LogP contribution in [0.25, 0.3) is 0 Å². The molecule has 0 aliphatic carbocycles. The molecule has 0 radical (unpaired) electrons. The zero-order valence-corrected chi connectivity index (χ0v) is 14.7. The Labute approximate surface area is 143 Å². The molecule has 6 heteroatoms. The lowest BCUT2D eigenvalue weighted by Gasteiger charge is -2.41. The zero-order chi connectivity index (χ0) is 17.9. The van der Waals surface area contributed by atoms with Crippen LogP contribution in [0.2, 0.25) is 0 Å². The fourth-order valence-corrected chi connectivity index (χ4v) is 2.97. The number of β-amino-alcohol motifs (C(OH)–C–C–N with tert-alkyl or cyclic N) is 1. The van der Waals surface area contributed by atoms with Gasteiger partial charge in [-0.1, -0.05) is 12.1 Å². The number of ether oxygens (including phenoxy) is 2. The molecule has 0 saturated carbocycles. The van der Waals surface area contributed by atoms with Gasteiger partial charge in [-0.2, -0.15) is 0 Å². The second-order valence-electron chi connectivity index (χ2n) is 7.06. The minimum atomic E-state index is -0.771. The van der Waals surface area contributed by atoms with Crippen LogP contribution in [-0.4, -0.2) is 58.7 Å². The van der Waals surface area contributed by atoms with Crippen molar-refractivity contribution in [2.75, 3.05) is 19.7 Å². The Kier molecular flexibility index (Phi) is 5.72. The van der Waals surface area contributed by atoms with Gasteiger partial charge in [-0.15, -0.1) is 0 Å². The lowest BCUT2D eigenvalue weighted by atomic mass is 9.84. The van der Waals surface area contributed by atoms with Crippen molar-refractivity contribution in [1.82, 2.24) is 4.90 Å². The van der Waals surface area contributed by atoms with Gasteiger partial charge in [0.15, 0.2) is 0 Å². The molecule has 0 bridgehead atoms. The first-order valence-electron chi connectivity index (χ1n) is 8.27. The predicted octanol–water partition coefficient (Wildman–Crippen LogP) is 2.49. The summed E-state index contributed by atoms with van der Waals surface area (Å²) in [5.41, 5.74) is 0.291. The lowest BCUT2D eigenvalue weighted by Crippen LogP contribution is -2.54. The fourth-order valence-electron chi connectivity index (χ4n) is 2.97. The van der Waals surface area contributed by atoms with Crippen molar-refractivity contribution < 1.29 is 24.5 Å². The standard InChI is InChI=1S/C18H27NO5/c1-5-23-15-11-19(17(22)24-18(2,3)4)10-14(21)16(15)12-6-8-13(20)9-7-12/h6-9,14-16,20-21H,5,10-11H2,1-4H3/t14-,15+,16+/m0/s1. The number of carbonyl (C=O) groups is 1. The first kappa shape index (κ1) is 18.5. The van der Waals surface area contributed by atoms with Crippen molar-refractivity contribution in [1.29, 1.82) is 0 Å². The molecular weight excluding hydrogens is 310 g/mol. The van der Waals surface area contributed by atoms with Crippen LogP contribution in [0.15, 0.2) is 24.3 Å². The molecule has 0 spiro atoms. The van der Waals surface area contributed by atoms with Crippen molar-refractivity contribution in [3.63, 3.8) is 0 Å². The molecule has 6 nitrogen and oxygen atoms in total. The molecule has 2 N–H and O–H groups in total. The van der Waals surface area contributed by atoms with Gasteiger partial charge in [-0.3, -0.25) is 0 Å². The largest absolute Gasteiger partial charge is 0.508 e. The van der Waals surface area contributed by atoms with E-state index >= 15 is 0 Å². The maximum atomic E-state index is 12.3. The van der Waals surface area contributed by atoms with E-state index in [1.54, 1.807) is 24.3 Å². The minimum absolute atomic E-state index is 0.174. The SMILES string of the molecule is CCO[C@@H]1CN(C(=O)OC(C)(C)C)C[C@H](O)[C@H]1c1ccc(O)cc1. The topological polar surface area (TPSA) is 79.2 Å². The van der Waals surface area contributed by atoms with Gasteiger partial charge in [0, 0.05) is 12.5 Å². The summed E-state index contributed by atoms with van der Waals surface area (Å²) < 4.78 is 11.2. The molecule has 0 unspecified atom stereocenters. The van der Waals surface area contributed by atoms with Crippen molar-refractivity contribution in [3.8, 4) is 5.75 Å². The number of benzene rings is 1. The van der Waals surface area contributed by atoms with Crippen LogP contribution in [0.5, 0.6) is 5.75 Å². The number of aliphatic hydroxyl groups excluding tert-OH is 1. The summed E-state index contributed by atoms with van der Waals surface area (Å²) in [5, 5.41) is 20.1. The van der Waals surface area contributed by atoms with Gasteiger partial charge in [-0.05, 0) is 45.4 Å². The number of likely N-dealkylation sites (tertiary alicyclic amines) is 1. The minimum Gasteiger partial charge on any atom is -0.508 e. The lowest BCUT2D eigenvalue weighted by molar-refractivity contribution is -0.0675. The number of amides is 1. The second kappa shape index (κ2) is 7.40. The van der Waals surface area contributed by atoms with E-state index in [0.717, 1.165) is 5.56 Å². The van der Waals surface area contributed by atoms with Crippen molar-refractivity contribution in [2.24, 2.45) is 0 Å². The Balaban J connectivity index is 2.18. The van der Waals surface area contributed by atoms with Crippen LogP contribution < -0.4 is 0 Å². The van der Waals surface area contributed by atoms with Gasteiger partial charge in [-0.25, -0.2) is 4.79 Å². The highest BCUT2D eigenvalue weighted by atomic mass is 16.6. The maximum Gasteiger partial charge on any atom is 0.410 e. The summed E-state index contributed by atoms with van der Waals surface area (Å²) in [5.74, 6) is -0.0865. The summed E-state index contributed by atoms with van der Waals surface area (Å²) in [4.78, 5) is 13.8. The van der Waals surface area contributed by atoms with E-state index in [-0.39, 0.29) is 24.3 Å². The second-order valence-corrected chi connectivity index (χ2v) is 7.06. The summed E-state index contributed by atoms with van der Waals surface area (Å²) in [6.07, 6.45) is -1.56. The molecule has 1 saturated heterocycles. The summed E-state index contributed by atoms with van der Waals surface area (Å²) in [7, 11) is 0. The van der Waals surface area contributed by atoms with Crippen molar-refractivity contribution in [2.45, 2.75) is 51.4 Å². The maximum absolute atomic E-state index is 12.3. The molecule has 24 heavy (non-hydrogen) atoms. The van der Waals surface area contributed by atoms with Crippen LogP contribution in [0, 0.1) is 0 Å². The molecule has 1 amide bonds. The normalized spacial score (nSPS) is 24.7. The number of phenolic OH excluding ortho intramolecular Hbond substituents is 1. The van der Waals surface area contributed by atoms with Gasteiger partial charge in [0.1, 0.15) is 11.4 Å². The van der Waals surface area contributed by atoms with E-state index in [0.29, 0.717) is 13.2 Å². The Morgan fingerprint density at radius 1 is 1.25 bits per heavy atom. The molecule has 1 aromatic rings. The van der Waals surface area contributed by atoms with Crippen molar-refractivity contribution in [3.05, 3.63) is 29.8 Å². The quantitative estimate of drug-likeness (QED) is 0.886. The van der Waals surface area contributed by atoms with Crippen molar-refractivity contribution >= 4 is 6.09 Å². The predicted molar refractivity (Wildman–Crippen MR) is 90.1 cm³/mol. The highest BCUT2D eigenvalue weighted by Gasteiger charge is 2.40. The van der Waals surface area contributed by atoms with Crippen LogP contribution >= 0.6 is 0 Å². The number of hydrogen-bond acceptors (Lipinski definition) is 5. The van der Waals surface area contributed by atoms with E-state index in [1.807, 2.05) is 27.7 Å². The van der Waals surface area contributed by atoms with Crippen LogP contribution in [-0.2, 0) is 9.47 Å². The van der Waals surface area contributed by atoms with Gasteiger partial charge < -0.3 is 24.6 Å². The third-order valence-electron chi connectivity index (χ3n) is 3.93. The first-order valence-corrected chi connectivity index (χ1v) is 8.27.